The molecule has 2 aromatic heterocycles. The second-order valence-electron chi connectivity index (χ2n) is 3.85. The maximum atomic E-state index is 12.4. The van der Waals surface area contributed by atoms with E-state index in [1.54, 1.807) is 0 Å². The molecule has 8 heteroatoms. The number of alkyl halides is 3. The molecular weight excluding hydrogens is 273 g/mol. The number of hydrogen-bond donors (Lipinski definition) is 2. The van der Waals surface area contributed by atoms with E-state index in [4.69, 9.17) is 5.73 Å². The van der Waals surface area contributed by atoms with Gasteiger partial charge in [-0.2, -0.15) is 13.2 Å². The summed E-state index contributed by atoms with van der Waals surface area (Å²) < 4.78 is 37.1. The normalized spacial score (nSPS) is 11.2. The summed E-state index contributed by atoms with van der Waals surface area (Å²) in [6.07, 6.45) is -1.12. The third kappa shape index (κ3) is 3.02. The number of halogens is 3. The van der Waals surface area contributed by atoms with Gasteiger partial charge >= 0.3 is 6.18 Å². The number of nitrogen functional groups attached to an aromatic ring is 1. The molecule has 5 nitrogen and oxygen atoms in total. The second kappa shape index (κ2) is 5.16. The molecule has 0 spiro atoms. The van der Waals surface area contributed by atoms with Crippen LogP contribution in [0.25, 0.3) is 0 Å². The summed E-state index contributed by atoms with van der Waals surface area (Å²) in [5.74, 6) is -0.656. The number of carbonyl (C=O) groups excluding carboxylic acids is 1. The average Bonchev–Trinajstić information content (AvgIpc) is 2.40. The fourth-order valence-corrected chi connectivity index (χ4v) is 1.40. The monoisotopic (exact) mass is 282 g/mol. The number of aromatic nitrogens is 2. The molecule has 2 aromatic rings. The minimum Gasteiger partial charge on any atom is -0.396 e. The Bertz CT molecular complexity index is 625. The van der Waals surface area contributed by atoms with Gasteiger partial charge in [0.1, 0.15) is 5.69 Å². The largest absolute Gasteiger partial charge is 0.417 e. The first kappa shape index (κ1) is 13.8. The maximum absolute atomic E-state index is 12.4. The van der Waals surface area contributed by atoms with Crippen molar-refractivity contribution in [3.63, 3.8) is 0 Å². The van der Waals surface area contributed by atoms with Crippen LogP contribution in [0.3, 0.4) is 0 Å². The van der Waals surface area contributed by atoms with Crippen LogP contribution < -0.4 is 11.1 Å². The summed E-state index contributed by atoms with van der Waals surface area (Å²) in [6, 6.07) is 3.25. The third-order valence-corrected chi connectivity index (χ3v) is 2.42. The van der Waals surface area contributed by atoms with Crippen LogP contribution in [-0.4, -0.2) is 15.9 Å². The zero-order chi connectivity index (χ0) is 14.8. The highest BCUT2D eigenvalue weighted by molar-refractivity contribution is 6.04. The standard InChI is InChI=1S/C12H9F3N4O/c13-12(14,15)7-1-2-10(18-5-7)11(20)19-9-3-4-17-6-8(9)16/h1-6H,16H2,(H,17,19,20). The van der Waals surface area contributed by atoms with Crippen molar-refractivity contribution in [2.45, 2.75) is 6.18 Å². The van der Waals surface area contributed by atoms with E-state index >= 15 is 0 Å². The number of nitrogens with two attached hydrogens (primary N) is 1. The van der Waals surface area contributed by atoms with Crippen LogP contribution >= 0.6 is 0 Å². The molecule has 0 bridgehead atoms. The summed E-state index contributed by atoms with van der Waals surface area (Å²) in [5, 5.41) is 2.44. The first-order chi connectivity index (χ1) is 9.38. The molecule has 0 saturated carbocycles. The highest BCUT2D eigenvalue weighted by Gasteiger charge is 2.30. The van der Waals surface area contributed by atoms with Gasteiger partial charge in [-0.1, -0.05) is 0 Å². The summed E-state index contributed by atoms with van der Waals surface area (Å²) in [4.78, 5) is 19.0. The molecule has 2 heterocycles. The van der Waals surface area contributed by atoms with Crippen molar-refractivity contribution in [1.82, 2.24) is 9.97 Å². The number of nitrogens with zero attached hydrogens (tertiary/aromatic N) is 2. The first-order valence-electron chi connectivity index (χ1n) is 5.42. The summed E-state index contributed by atoms with van der Waals surface area (Å²) in [5.41, 5.74) is 5.07. The van der Waals surface area contributed by atoms with Crippen LogP contribution in [0.1, 0.15) is 16.1 Å². The van der Waals surface area contributed by atoms with Crippen LogP contribution in [0.4, 0.5) is 24.5 Å². The van der Waals surface area contributed by atoms with Crippen LogP contribution in [0, 0.1) is 0 Å². The Morgan fingerprint density at radius 3 is 2.50 bits per heavy atom. The molecule has 3 N–H and O–H groups in total. The molecule has 0 unspecified atom stereocenters. The van der Waals surface area contributed by atoms with E-state index in [9.17, 15) is 18.0 Å². The van der Waals surface area contributed by atoms with Crippen LogP contribution in [-0.2, 0) is 6.18 Å². The van der Waals surface area contributed by atoms with Crippen molar-refractivity contribution in [3.05, 3.63) is 48.0 Å². The Morgan fingerprint density at radius 2 is 1.95 bits per heavy atom. The van der Waals surface area contributed by atoms with E-state index in [-0.39, 0.29) is 11.4 Å². The third-order valence-electron chi connectivity index (χ3n) is 2.42. The molecule has 0 fully saturated rings. The molecule has 0 aliphatic carbocycles. The molecule has 1 amide bonds. The van der Waals surface area contributed by atoms with Crippen molar-refractivity contribution < 1.29 is 18.0 Å². The second-order valence-corrected chi connectivity index (χ2v) is 3.85. The van der Waals surface area contributed by atoms with Crippen molar-refractivity contribution >= 4 is 17.3 Å². The molecule has 0 atom stereocenters. The summed E-state index contributed by atoms with van der Waals surface area (Å²) in [7, 11) is 0. The van der Waals surface area contributed by atoms with E-state index < -0.39 is 17.6 Å². The predicted molar refractivity (Wildman–Crippen MR) is 65.8 cm³/mol. The lowest BCUT2D eigenvalue weighted by atomic mass is 10.2. The van der Waals surface area contributed by atoms with E-state index in [1.807, 2.05) is 0 Å². The summed E-state index contributed by atoms with van der Waals surface area (Å²) in [6.45, 7) is 0. The van der Waals surface area contributed by atoms with E-state index in [0.717, 1.165) is 12.1 Å². The molecule has 20 heavy (non-hydrogen) atoms. The first-order valence-corrected chi connectivity index (χ1v) is 5.42. The Labute approximate surface area is 111 Å². The van der Waals surface area contributed by atoms with E-state index in [2.05, 4.69) is 15.3 Å². The van der Waals surface area contributed by atoms with Gasteiger partial charge < -0.3 is 11.1 Å². The zero-order valence-corrected chi connectivity index (χ0v) is 9.98. The number of pyridine rings is 2. The molecule has 0 radical (unpaired) electrons. The molecule has 0 saturated heterocycles. The smallest absolute Gasteiger partial charge is 0.396 e. The quantitative estimate of drug-likeness (QED) is 0.885. The van der Waals surface area contributed by atoms with Crippen LogP contribution in [0.2, 0.25) is 0 Å². The number of hydrogen-bond acceptors (Lipinski definition) is 4. The number of carbonyl (C=O) groups is 1. The highest BCUT2D eigenvalue weighted by Crippen LogP contribution is 2.28. The lowest BCUT2D eigenvalue weighted by Crippen LogP contribution is -2.15. The molecule has 0 aromatic carbocycles. The Hall–Kier alpha value is -2.64. The Morgan fingerprint density at radius 1 is 1.20 bits per heavy atom. The van der Waals surface area contributed by atoms with Gasteiger partial charge in [-0.25, -0.2) is 0 Å². The number of anilines is 2. The topological polar surface area (TPSA) is 80.9 Å². The van der Waals surface area contributed by atoms with Gasteiger partial charge in [-0.15, -0.1) is 0 Å². The van der Waals surface area contributed by atoms with Gasteiger partial charge in [0, 0.05) is 12.4 Å². The molecular formula is C12H9F3N4O. The molecule has 2 rings (SSSR count). The van der Waals surface area contributed by atoms with Crippen molar-refractivity contribution in [1.29, 1.82) is 0 Å². The minimum absolute atomic E-state index is 0.144. The Balaban J connectivity index is 2.16. The number of rotatable bonds is 2. The maximum Gasteiger partial charge on any atom is 0.417 e. The van der Waals surface area contributed by atoms with Crippen molar-refractivity contribution in [2.75, 3.05) is 11.1 Å². The fourth-order valence-electron chi connectivity index (χ4n) is 1.40. The zero-order valence-electron chi connectivity index (χ0n) is 9.98. The van der Waals surface area contributed by atoms with Gasteiger partial charge in [0.05, 0.1) is 23.1 Å². The minimum atomic E-state index is -4.49. The SMILES string of the molecule is Nc1cnccc1NC(=O)c1ccc(C(F)(F)F)cn1. The molecule has 0 aliphatic rings. The number of amides is 1. The van der Waals surface area contributed by atoms with Crippen LogP contribution in [0.15, 0.2) is 36.8 Å². The summed E-state index contributed by atoms with van der Waals surface area (Å²) >= 11 is 0. The molecule has 0 aliphatic heterocycles. The van der Waals surface area contributed by atoms with E-state index in [1.165, 1.54) is 18.5 Å². The Kier molecular flexibility index (Phi) is 3.55. The van der Waals surface area contributed by atoms with Gasteiger partial charge in [-0.05, 0) is 18.2 Å². The van der Waals surface area contributed by atoms with Gasteiger partial charge in [0.15, 0.2) is 0 Å². The van der Waals surface area contributed by atoms with Crippen molar-refractivity contribution in [3.8, 4) is 0 Å². The number of nitrogens with one attached hydrogen (secondary N) is 1. The van der Waals surface area contributed by atoms with Crippen LogP contribution in [0.5, 0.6) is 0 Å². The van der Waals surface area contributed by atoms with Crippen molar-refractivity contribution in [2.24, 2.45) is 0 Å². The van der Waals surface area contributed by atoms with Gasteiger partial charge in [-0.3, -0.25) is 14.8 Å². The average molecular weight is 282 g/mol. The predicted octanol–water partition coefficient (Wildman–Crippen LogP) is 2.33. The lowest BCUT2D eigenvalue weighted by molar-refractivity contribution is -0.137. The van der Waals surface area contributed by atoms with E-state index in [0.29, 0.717) is 11.9 Å². The van der Waals surface area contributed by atoms with Gasteiger partial charge in [0.25, 0.3) is 5.91 Å². The highest BCUT2D eigenvalue weighted by atomic mass is 19.4. The van der Waals surface area contributed by atoms with Gasteiger partial charge in [0.2, 0.25) is 0 Å². The molecule has 104 valence electrons. The fraction of sp³-hybridized carbons (Fsp3) is 0.0833. The lowest BCUT2D eigenvalue weighted by Gasteiger charge is -2.08.